The van der Waals surface area contributed by atoms with Crippen LogP contribution in [0.5, 0.6) is 0 Å². The van der Waals surface area contributed by atoms with Gasteiger partial charge in [-0.15, -0.1) is 21.5 Å². The summed E-state index contributed by atoms with van der Waals surface area (Å²) in [5, 5.41) is 19.6. The lowest BCUT2D eigenvalue weighted by Crippen LogP contribution is -1.75. The van der Waals surface area contributed by atoms with Crippen molar-refractivity contribution in [3.8, 4) is 11.8 Å². The molecule has 0 radical (unpaired) electrons. The van der Waals surface area contributed by atoms with E-state index in [-0.39, 0.29) is 6.61 Å². The molecule has 2 heterocycles. The molecule has 0 spiro atoms. The summed E-state index contributed by atoms with van der Waals surface area (Å²) in [4.78, 5) is 1.25. The number of thioether (sulfide) groups is 1. The zero-order valence-corrected chi connectivity index (χ0v) is 11.6. The van der Waals surface area contributed by atoms with Crippen molar-refractivity contribution in [1.29, 1.82) is 0 Å². The van der Waals surface area contributed by atoms with Crippen LogP contribution in [-0.4, -0.2) is 21.9 Å². The molecule has 0 saturated heterocycles. The molecule has 1 N–H and O–H groups in total. The van der Waals surface area contributed by atoms with Gasteiger partial charge in [0.15, 0.2) is 4.34 Å². The Kier molecular flexibility index (Phi) is 4.57. The number of aliphatic hydroxyl groups excluding tert-OH is 1. The van der Waals surface area contributed by atoms with E-state index in [1.807, 2.05) is 18.4 Å². The predicted octanol–water partition coefficient (Wildman–Crippen LogP) is 2.54. The number of aromatic nitrogens is 2. The van der Waals surface area contributed by atoms with Gasteiger partial charge in [-0.2, -0.15) is 0 Å². The molecule has 0 unspecified atom stereocenters. The highest BCUT2D eigenvalue weighted by atomic mass is 32.2. The largest absolute Gasteiger partial charge is 0.384 e. The molecule has 2 aromatic heterocycles. The molecule has 0 aliphatic rings. The smallest absolute Gasteiger partial charge is 0.174 e. The van der Waals surface area contributed by atoms with Crippen molar-refractivity contribution in [3.63, 3.8) is 0 Å². The fourth-order valence-electron chi connectivity index (χ4n) is 1.13. The van der Waals surface area contributed by atoms with Crippen LogP contribution in [0.25, 0.3) is 0 Å². The van der Waals surface area contributed by atoms with Gasteiger partial charge in [0, 0.05) is 21.6 Å². The van der Waals surface area contributed by atoms with E-state index in [9.17, 15) is 0 Å². The monoisotopic (exact) mass is 282 g/mol. The maximum atomic E-state index is 8.60. The highest BCUT2D eigenvalue weighted by Crippen LogP contribution is 2.28. The van der Waals surface area contributed by atoms with Gasteiger partial charge in [-0.3, -0.25) is 0 Å². The van der Waals surface area contributed by atoms with E-state index in [1.165, 1.54) is 4.88 Å². The van der Waals surface area contributed by atoms with Crippen LogP contribution in [0.15, 0.2) is 15.8 Å². The lowest BCUT2D eigenvalue weighted by molar-refractivity contribution is 0.350. The number of nitrogens with zero attached hydrogens (tertiary/aromatic N) is 2. The standard InChI is InChI=1S/C11H10N2OS3/c1-8-12-13-11(17-8)16-7-10-5-9(6-15-10)3-2-4-14/h5-6,14H,4,7H2,1H3. The van der Waals surface area contributed by atoms with Crippen molar-refractivity contribution in [2.45, 2.75) is 17.0 Å². The Balaban J connectivity index is 1.93. The Morgan fingerprint density at radius 1 is 1.47 bits per heavy atom. The van der Waals surface area contributed by atoms with E-state index in [0.29, 0.717) is 0 Å². The molecule has 0 amide bonds. The van der Waals surface area contributed by atoms with Gasteiger partial charge in [0.2, 0.25) is 0 Å². The van der Waals surface area contributed by atoms with Gasteiger partial charge in [0.05, 0.1) is 0 Å². The molecule has 2 aromatic rings. The summed E-state index contributed by atoms with van der Waals surface area (Å²) in [6, 6.07) is 2.05. The van der Waals surface area contributed by atoms with E-state index in [0.717, 1.165) is 20.7 Å². The summed E-state index contributed by atoms with van der Waals surface area (Å²) in [6.45, 7) is 1.86. The Morgan fingerprint density at radius 3 is 3.06 bits per heavy atom. The van der Waals surface area contributed by atoms with Crippen LogP contribution >= 0.6 is 34.4 Å². The van der Waals surface area contributed by atoms with Crippen LogP contribution in [-0.2, 0) is 5.75 Å². The van der Waals surface area contributed by atoms with Gasteiger partial charge in [-0.25, -0.2) is 0 Å². The normalized spacial score (nSPS) is 10.0. The van der Waals surface area contributed by atoms with Crippen LogP contribution in [0.3, 0.4) is 0 Å². The third-order valence-electron chi connectivity index (χ3n) is 1.81. The first kappa shape index (κ1) is 12.6. The highest BCUT2D eigenvalue weighted by molar-refractivity contribution is 8.00. The van der Waals surface area contributed by atoms with Crippen molar-refractivity contribution >= 4 is 34.4 Å². The zero-order chi connectivity index (χ0) is 12.1. The minimum absolute atomic E-state index is 0.0933. The van der Waals surface area contributed by atoms with E-state index in [4.69, 9.17) is 5.11 Å². The van der Waals surface area contributed by atoms with Crippen LogP contribution in [0.1, 0.15) is 15.4 Å². The van der Waals surface area contributed by atoms with E-state index in [2.05, 4.69) is 22.0 Å². The molecule has 0 aliphatic carbocycles. The molecular formula is C11H10N2OS3. The first-order valence-corrected chi connectivity index (χ1v) is 7.56. The predicted molar refractivity (Wildman–Crippen MR) is 72.5 cm³/mol. The SMILES string of the molecule is Cc1nnc(SCc2cc(C#CCO)cs2)s1. The molecule has 88 valence electrons. The van der Waals surface area contributed by atoms with Gasteiger partial charge in [-0.1, -0.05) is 34.9 Å². The van der Waals surface area contributed by atoms with Crippen molar-refractivity contribution in [3.05, 3.63) is 26.9 Å². The average Bonchev–Trinajstić information content (AvgIpc) is 2.93. The van der Waals surface area contributed by atoms with E-state index < -0.39 is 0 Å². The second kappa shape index (κ2) is 6.17. The third kappa shape index (κ3) is 3.82. The quantitative estimate of drug-likeness (QED) is 0.694. The van der Waals surface area contributed by atoms with Crippen molar-refractivity contribution in [2.75, 3.05) is 6.61 Å². The summed E-state index contributed by atoms with van der Waals surface area (Å²) in [7, 11) is 0. The van der Waals surface area contributed by atoms with Gasteiger partial charge < -0.3 is 5.11 Å². The maximum absolute atomic E-state index is 8.60. The van der Waals surface area contributed by atoms with E-state index in [1.54, 1.807) is 34.4 Å². The number of thiophene rings is 1. The lowest BCUT2D eigenvalue weighted by atomic mass is 10.3. The number of rotatable bonds is 3. The minimum atomic E-state index is -0.0933. The molecule has 3 nitrogen and oxygen atoms in total. The number of aryl methyl sites for hydroxylation is 1. The maximum Gasteiger partial charge on any atom is 0.174 e. The Hall–Kier alpha value is -0.870. The minimum Gasteiger partial charge on any atom is -0.384 e. The summed E-state index contributed by atoms with van der Waals surface area (Å²) >= 11 is 4.98. The summed E-state index contributed by atoms with van der Waals surface area (Å²) < 4.78 is 0.999. The van der Waals surface area contributed by atoms with Crippen molar-refractivity contribution in [1.82, 2.24) is 10.2 Å². The molecule has 0 aliphatic heterocycles. The van der Waals surface area contributed by atoms with Crippen molar-refractivity contribution < 1.29 is 5.11 Å². The van der Waals surface area contributed by atoms with Gasteiger partial charge in [0.25, 0.3) is 0 Å². The van der Waals surface area contributed by atoms with Crippen LogP contribution in [0.4, 0.5) is 0 Å². The number of hydrogen-bond acceptors (Lipinski definition) is 6. The molecule has 2 rings (SSSR count). The third-order valence-corrected chi connectivity index (χ3v) is 4.95. The molecule has 0 aromatic carbocycles. The lowest BCUT2D eigenvalue weighted by Gasteiger charge is -1.91. The molecule has 6 heteroatoms. The molecule has 17 heavy (non-hydrogen) atoms. The van der Waals surface area contributed by atoms with Gasteiger partial charge in [-0.05, 0) is 13.0 Å². The Labute approximate surface area is 112 Å². The fourth-order valence-corrected chi connectivity index (χ4v) is 3.82. The first-order valence-electron chi connectivity index (χ1n) is 4.88. The number of aliphatic hydroxyl groups is 1. The van der Waals surface area contributed by atoms with E-state index >= 15 is 0 Å². The van der Waals surface area contributed by atoms with Crippen LogP contribution in [0, 0.1) is 18.8 Å². The zero-order valence-electron chi connectivity index (χ0n) is 9.14. The Morgan fingerprint density at radius 2 is 2.35 bits per heavy atom. The summed E-state index contributed by atoms with van der Waals surface area (Å²) in [5.41, 5.74) is 0.966. The highest BCUT2D eigenvalue weighted by Gasteiger charge is 2.03. The molecule has 0 bridgehead atoms. The summed E-state index contributed by atoms with van der Waals surface area (Å²) in [5.74, 6) is 6.42. The van der Waals surface area contributed by atoms with Crippen LogP contribution in [0.2, 0.25) is 0 Å². The van der Waals surface area contributed by atoms with Crippen molar-refractivity contribution in [2.24, 2.45) is 0 Å². The Bertz CT molecular complexity index is 550. The molecule has 0 atom stereocenters. The van der Waals surface area contributed by atoms with Crippen LogP contribution < -0.4 is 0 Å². The summed E-state index contributed by atoms with van der Waals surface area (Å²) in [6.07, 6.45) is 0. The molecular weight excluding hydrogens is 272 g/mol. The molecule has 0 fully saturated rings. The number of hydrogen-bond donors (Lipinski definition) is 1. The fraction of sp³-hybridized carbons (Fsp3) is 0.273. The second-order valence-corrected chi connectivity index (χ2v) is 6.54. The van der Waals surface area contributed by atoms with Gasteiger partial charge in [0.1, 0.15) is 11.6 Å². The average molecular weight is 282 g/mol. The second-order valence-electron chi connectivity index (χ2n) is 3.14. The first-order chi connectivity index (χ1) is 8.28. The molecule has 0 saturated carbocycles. The topological polar surface area (TPSA) is 46.0 Å². The van der Waals surface area contributed by atoms with Gasteiger partial charge >= 0.3 is 0 Å².